The van der Waals surface area contributed by atoms with E-state index in [4.69, 9.17) is 0 Å². The Kier molecular flexibility index (Phi) is 5.74. The van der Waals surface area contributed by atoms with Crippen LogP contribution < -0.4 is 0 Å². The molecule has 1 amide bonds. The predicted octanol–water partition coefficient (Wildman–Crippen LogP) is 2.27. The van der Waals surface area contributed by atoms with Crippen LogP contribution >= 0.6 is 0 Å². The Morgan fingerprint density at radius 2 is 2.14 bits per heavy atom. The van der Waals surface area contributed by atoms with Gasteiger partial charge in [0.1, 0.15) is 6.10 Å². The second kappa shape index (κ2) is 7.55. The molecule has 1 aliphatic rings. The van der Waals surface area contributed by atoms with E-state index in [1.807, 2.05) is 31.0 Å². The number of carbonyl (C=O) groups excluding carboxylic acids is 1. The van der Waals surface area contributed by atoms with Gasteiger partial charge in [-0.15, -0.1) is 0 Å². The van der Waals surface area contributed by atoms with Gasteiger partial charge in [-0.3, -0.25) is 9.78 Å². The SMILES string of the molecule is CC(C)CC(O)C(=O)N1CCC(Cc2cccnc2)CC1. The number of amides is 1. The van der Waals surface area contributed by atoms with Crippen LogP contribution in [0.4, 0.5) is 0 Å². The molecule has 0 spiro atoms. The third-order valence-corrected chi connectivity index (χ3v) is 4.15. The van der Waals surface area contributed by atoms with Crippen molar-refractivity contribution >= 4 is 5.91 Å². The Hall–Kier alpha value is -1.42. The van der Waals surface area contributed by atoms with Gasteiger partial charge in [0.2, 0.25) is 0 Å². The third-order valence-electron chi connectivity index (χ3n) is 4.15. The monoisotopic (exact) mass is 290 g/mol. The number of rotatable bonds is 5. The van der Waals surface area contributed by atoms with Gasteiger partial charge in [0, 0.05) is 25.5 Å². The Morgan fingerprint density at radius 3 is 2.71 bits per heavy atom. The van der Waals surface area contributed by atoms with E-state index in [2.05, 4.69) is 11.1 Å². The van der Waals surface area contributed by atoms with Crippen molar-refractivity contribution in [3.05, 3.63) is 30.1 Å². The summed E-state index contributed by atoms with van der Waals surface area (Å²) in [4.78, 5) is 18.1. The molecule has 21 heavy (non-hydrogen) atoms. The summed E-state index contributed by atoms with van der Waals surface area (Å²) >= 11 is 0. The number of piperidine rings is 1. The maximum Gasteiger partial charge on any atom is 0.251 e. The summed E-state index contributed by atoms with van der Waals surface area (Å²) in [6.07, 6.45) is 6.48. The Balaban J connectivity index is 1.79. The minimum Gasteiger partial charge on any atom is -0.383 e. The van der Waals surface area contributed by atoms with Crippen molar-refractivity contribution in [2.24, 2.45) is 11.8 Å². The molecule has 4 nitrogen and oxygen atoms in total. The Labute approximate surface area is 127 Å². The van der Waals surface area contributed by atoms with Gasteiger partial charge in [-0.2, -0.15) is 0 Å². The van der Waals surface area contributed by atoms with Gasteiger partial charge in [0.05, 0.1) is 0 Å². The van der Waals surface area contributed by atoms with Crippen LogP contribution in [-0.4, -0.2) is 40.1 Å². The van der Waals surface area contributed by atoms with Crippen molar-refractivity contribution in [1.29, 1.82) is 0 Å². The number of carbonyl (C=O) groups is 1. The summed E-state index contributed by atoms with van der Waals surface area (Å²) in [6.45, 7) is 5.57. The van der Waals surface area contributed by atoms with E-state index in [1.165, 1.54) is 5.56 Å². The lowest BCUT2D eigenvalue weighted by atomic mass is 9.90. The van der Waals surface area contributed by atoms with Crippen molar-refractivity contribution < 1.29 is 9.90 Å². The fourth-order valence-corrected chi connectivity index (χ4v) is 2.97. The molecule has 2 rings (SSSR count). The van der Waals surface area contributed by atoms with Crippen LogP contribution in [0.3, 0.4) is 0 Å². The molecule has 1 atom stereocenters. The van der Waals surface area contributed by atoms with Crippen LogP contribution in [0.2, 0.25) is 0 Å². The Bertz CT molecular complexity index is 439. The second-order valence-electron chi connectivity index (χ2n) is 6.48. The van der Waals surface area contributed by atoms with E-state index < -0.39 is 6.10 Å². The smallest absolute Gasteiger partial charge is 0.251 e. The van der Waals surface area contributed by atoms with Crippen LogP contribution in [0.15, 0.2) is 24.5 Å². The quantitative estimate of drug-likeness (QED) is 0.905. The molecule has 0 bridgehead atoms. The molecule has 2 heterocycles. The summed E-state index contributed by atoms with van der Waals surface area (Å²) in [7, 11) is 0. The standard InChI is InChI=1S/C17H26N2O2/c1-13(2)10-16(20)17(21)19-8-5-14(6-9-19)11-15-4-3-7-18-12-15/h3-4,7,12-14,16,20H,5-6,8-11H2,1-2H3. The lowest BCUT2D eigenvalue weighted by Gasteiger charge is -2.33. The minimum absolute atomic E-state index is 0.0940. The first-order valence-corrected chi connectivity index (χ1v) is 7.92. The molecule has 0 aliphatic carbocycles. The molecule has 1 N–H and O–H groups in total. The fourth-order valence-electron chi connectivity index (χ4n) is 2.97. The van der Waals surface area contributed by atoms with E-state index in [9.17, 15) is 9.90 Å². The highest BCUT2D eigenvalue weighted by Gasteiger charge is 2.27. The van der Waals surface area contributed by atoms with E-state index in [0.29, 0.717) is 18.3 Å². The average Bonchev–Trinajstić information content (AvgIpc) is 2.47. The van der Waals surface area contributed by atoms with Gasteiger partial charge in [0.15, 0.2) is 0 Å². The summed E-state index contributed by atoms with van der Waals surface area (Å²) in [5.74, 6) is 0.857. The Morgan fingerprint density at radius 1 is 1.43 bits per heavy atom. The molecule has 1 saturated heterocycles. The summed E-state index contributed by atoms with van der Waals surface area (Å²) < 4.78 is 0. The van der Waals surface area contributed by atoms with Gasteiger partial charge in [-0.1, -0.05) is 19.9 Å². The van der Waals surface area contributed by atoms with Crippen molar-refractivity contribution in [3.63, 3.8) is 0 Å². The predicted molar refractivity (Wildman–Crippen MR) is 82.7 cm³/mol. The maximum atomic E-state index is 12.2. The summed E-state index contributed by atoms with van der Waals surface area (Å²) in [6, 6.07) is 4.08. The van der Waals surface area contributed by atoms with Gasteiger partial charge >= 0.3 is 0 Å². The fraction of sp³-hybridized carbons (Fsp3) is 0.647. The van der Waals surface area contributed by atoms with E-state index in [-0.39, 0.29) is 5.91 Å². The van der Waals surface area contributed by atoms with Crippen LogP contribution in [0, 0.1) is 11.8 Å². The van der Waals surface area contributed by atoms with Crippen molar-refractivity contribution in [2.45, 2.75) is 45.6 Å². The number of aliphatic hydroxyl groups excluding tert-OH is 1. The first-order valence-electron chi connectivity index (χ1n) is 7.92. The summed E-state index contributed by atoms with van der Waals surface area (Å²) in [5, 5.41) is 9.94. The zero-order chi connectivity index (χ0) is 15.2. The van der Waals surface area contributed by atoms with Crippen LogP contribution in [0.25, 0.3) is 0 Å². The zero-order valence-electron chi connectivity index (χ0n) is 13.0. The molecule has 116 valence electrons. The van der Waals surface area contributed by atoms with E-state index in [1.54, 1.807) is 6.20 Å². The highest BCUT2D eigenvalue weighted by molar-refractivity contribution is 5.80. The topological polar surface area (TPSA) is 53.4 Å². The molecule has 0 radical (unpaired) electrons. The molecule has 0 aromatic carbocycles. The summed E-state index contributed by atoms with van der Waals surface area (Å²) in [5.41, 5.74) is 1.27. The van der Waals surface area contributed by atoms with E-state index >= 15 is 0 Å². The lowest BCUT2D eigenvalue weighted by Crippen LogP contribution is -2.44. The molecule has 0 saturated carbocycles. The number of hydrogen-bond acceptors (Lipinski definition) is 3. The third kappa shape index (κ3) is 4.81. The van der Waals surface area contributed by atoms with Gasteiger partial charge in [-0.05, 0) is 49.1 Å². The number of pyridine rings is 1. The van der Waals surface area contributed by atoms with E-state index in [0.717, 1.165) is 32.4 Å². The first-order chi connectivity index (χ1) is 10.1. The molecule has 1 unspecified atom stereocenters. The molecule has 1 aliphatic heterocycles. The molecule has 1 aromatic rings. The number of likely N-dealkylation sites (tertiary alicyclic amines) is 1. The lowest BCUT2D eigenvalue weighted by molar-refractivity contribution is -0.142. The number of aliphatic hydroxyl groups is 1. The van der Waals surface area contributed by atoms with Crippen molar-refractivity contribution in [1.82, 2.24) is 9.88 Å². The molecule has 1 aromatic heterocycles. The first kappa shape index (κ1) is 16.0. The average molecular weight is 290 g/mol. The minimum atomic E-state index is -0.833. The number of aromatic nitrogens is 1. The molecule has 1 fully saturated rings. The molecular formula is C17H26N2O2. The van der Waals surface area contributed by atoms with Crippen LogP contribution in [-0.2, 0) is 11.2 Å². The second-order valence-corrected chi connectivity index (χ2v) is 6.48. The van der Waals surface area contributed by atoms with Crippen molar-refractivity contribution in [2.75, 3.05) is 13.1 Å². The van der Waals surface area contributed by atoms with Gasteiger partial charge in [-0.25, -0.2) is 0 Å². The van der Waals surface area contributed by atoms with Gasteiger partial charge in [0.25, 0.3) is 5.91 Å². The van der Waals surface area contributed by atoms with Crippen molar-refractivity contribution in [3.8, 4) is 0 Å². The highest BCUT2D eigenvalue weighted by Crippen LogP contribution is 2.22. The maximum absolute atomic E-state index is 12.2. The van der Waals surface area contributed by atoms with Crippen LogP contribution in [0.5, 0.6) is 0 Å². The number of hydrogen-bond donors (Lipinski definition) is 1. The molecular weight excluding hydrogens is 264 g/mol. The van der Waals surface area contributed by atoms with Gasteiger partial charge < -0.3 is 10.0 Å². The van der Waals surface area contributed by atoms with Crippen LogP contribution in [0.1, 0.15) is 38.7 Å². The molecule has 4 heteroatoms. The highest BCUT2D eigenvalue weighted by atomic mass is 16.3. The normalized spacial score (nSPS) is 18.0. The largest absolute Gasteiger partial charge is 0.383 e. The zero-order valence-corrected chi connectivity index (χ0v) is 13.0. The number of nitrogens with zero attached hydrogens (tertiary/aromatic N) is 2.